The summed E-state index contributed by atoms with van der Waals surface area (Å²) in [4.78, 5) is 0. The van der Waals surface area contributed by atoms with E-state index in [-0.39, 0.29) is 0 Å². The summed E-state index contributed by atoms with van der Waals surface area (Å²) in [5, 5.41) is 8.93. The summed E-state index contributed by atoms with van der Waals surface area (Å²) in [5.41, 5.74) is 4.58. The van der Waals surface area contributed by atoms with Gasteiger partial charge in [0.05, 0.1) is 11.6 Å². The van der Waals surface area contributed by atoms with E-state index in [0.29, 0.717) is 5.56 Å². The summed E-state index contributed by atoms with van der Waals surface area (Å²) in [5.74, 6) is 2.68. The Hall–Kier alpha value is -2.07. The normalized spacial score (nSPS) is 20.8. The molecule has 0 bridgehead atoms. The molecule has 1 aliphatic carbocycles. The third-order valence-electron chi connectivity index (χ3n) is 6.52. The van der Waals surface area contributed by atoms with Crippen LogP contribution in [0.5, 0.6) is 0 Å². The first-order chi connectivity index (χ1) is 13.2. The maximum absolute atomic E-state index is 8.93. The van der Waals surface area contributed by atoms with Gasteiger partial charge in [-0.3, -0.25) is 0 Å². The quantitative estimate of drug-likeness (QED) is 0.505. The minimum atomic E-state index is 0.716. The molecule has 1 saturated carbocycles. The van der Waals surface area contributed by atoms with Crippen LogP contribution >= 0.6 is 0 Å². The Bertz CT molecular complexity index is 727. The molecule has 1 atom stereocenters. The second kappa shape index (κ2) is 9.75. The maximum atomic E-state index is 8.93. The topological polar surface area (TPSA) is 23.8 Å². The standard InChI is InChI=1S/C26H33N/c1-3-4-5-21-6-12-24(13-7-21)20(2)18-22-8-14-25(15-9-22)26-16-10-23(19-27)11-17-26/h8-11,14-17,20-21,24H,3-7,12-13,18H2,1-2H3. The number of unbranched alkanes of at least 4 members (excludes halogenated alkanes) is 1. The van der Waals surface area contributed by atoms with Gasteiger partial charge in [0, 0.05) is 0 Å². The minimum Gasteiger partial charge on any atom is -0.192 e. The van der Waals surface area contributed by atoms with Crippen molar-refractivity contribution < 1.29 is 0 Å². The van der Waals surface area contributed by atoms with Crippen molar-refractivity contribution in [2.45, 2.75) is 65.2 Å². The van der Waals surface area contributed by atoms with E-state index in [1.165, 1.54) is 68.1 Å². The van der Waals surface area contributed by atoms with Gasteiger partial charge in [-0.1, -0.05) is 82.3 Å². The molecule has 0 amide bonds. The summed E-state index contributed by atoms with van der Waals surface area (Å²) in [6, 6.07) is 19.1. The van der Waals surface area contributed by atoms with E-state index >= 15 is 0 Å². The molecule has 142 valence electrons. The molecule has 1 heteroatoms. The van der Waals surface area contributed by atoms with Gasteiger partial charge in [0.15, 0.2) is 0 Å². The van der Waals surface area contributed by atoms with Crippen LogP contribution in [-0.4, -0.2) is 0 Å². The molecule has 0 heterocycles. The van der Waals surface area contributed by atoms with E-state index in [1.807, 2.05) is 24.3 Å². The molecule has 0 spiro atoms. The Balaban J connectivity index is 1.53. The van der Waals surface area contributed by atoms with Gasteiger partial charge in [0.25, 0.3) is 0 Å². The Labute approximate surface area is 165 Å². The third-order valence-corrected chi connectivity index (χ3v) is 6.52. The fourth-order valence-corrected chi connectivity index (χ4v) is 4.65. The highest BCUT2D eigenvalue weighted by Gasteiger charge is 2.24. The second-order valence-electron chi connectivity index (χ2n) is 8.49. The molecule has 0 aromatic heterocycles. The van der Waals surface area contributed by atoms with Gasteiger partial charge < -0.3 is 0 Å². The predicted molar refractivity (Wildman–Crippen MR) is 114 cm³/mol. The molecular weight excluding hydrogens is 326 g/mol. The van der Waals surface area contributed by atoms with Gasteiger partial charge in [-0.2, -0.15) is 5.26 Å². The first-order valence-electron chi connectivity index (χ1n) is 10.8. The Morgan fingerprint density at radius 2 is 1.52 bits per heavy atom. The summed E-state index contributed by atoms with van der Waals surface area (Å²) in [6.45, 7) is 4.76. The molecule has 3 rings (SSSR count). The highest BCUT2D eigenvalue weighted by Crippen LogP contribution is 2.36. The zero-order chi connectivity index (χ0) is 19.1. The monoisotopic (exact) mass is 359 g/mol. The van der Waals surface area contributed by atoms with E-state index in [2.05, 4.69) is 44.2 Å². The highest BCUT2D eigenvalue weighted by atomic mass is 14.3. The van der Waals surface area contributed by atoms with Gasteiger partial charge >= 0.3 is 0 Å². The molecule has 2 aromatic carbocycles. The molecule has 27 heavy (non-hydrogen) atoms. The lowest BCUT2D eigenvalue weighted by Crippen LogP contribution is -2.21. The third kappa shape index (κ3) is 5.46. The van der Waals surface area contributed by atoms with Crippen molar-refractivity contribution in [3.05, 3.63) is 59.7 Å². The summed E-state index contributed by atoms with van der Waals surface area (Å²) >= 11 is 0. The van der Waals surface area contributed by atoms with Crippen LogP contribution in [0.2, 0.25) is 0 Å². The molecule has 0 aliphatic heterocycles. The van der Waals surface area contributed by atoms with Gasteiger partial charge in [-0.25, -0.2) is 0 Å². The van der Waals surface area contributed by atoms with Crippen LogP contribution in [0.15, 0.2) is 48.5 Å². The number of benzene rings is 2. The average Bonchev–Trinajstić information content (AvgIpc) is 2.73. The lowest BCUT2D eigenvalue weighted by Gasteiger charge is -2.32. The molecular formula is C26H33N. The summed E-state index contributed by atoms with van der Waals surface area (Å²) < 4.78 is 0. The van der Waals surface area contributed by atoms with E-state index in [4.69, 9.17) is 5.26 Å². The molecule has 1 aliphatic rings. The summed E-state index contributed by atoms with van der Waals surface area (Å²) in [7, 11) is 0. The highest BCUT2D eigenvalue weighted by molar-refractivity contribution is 5.64. The molecule has 1 unspecified atom stereocenters. The van der Waals surface area contributed by atoms with Crippen LogP contribution in [0.3, 0.4) is 0 Å². The fourth-order valence-electron chi connectivity index (χ4n) is 4.65. The Kier molecular flexibility index (Phi) is 7.11. The smallest absolute Gasteiger partial charge is 0.0991 e. The van der Waals surface area contributed by atoms with Crippen molar-refractivity contribution in [1.29, 1.82) is 5.26 Å². The van der Waals surface area contributed by atoms with Crippen LogP contribution in [0.4, 0.5) is 0 Å². The molecule has 1 nitrogen and oxygen atoms in total. The van der Waals surface area contributed by atoms with Crippen LogP contribution in [0, 0.1) is 29.1 Å². The number of nitrogens with zero attached hydrogens (tertiary/aromatic N) is 1. The fraction of sp³-hybridized carbons (Fsp3) is 0.500. The number of hydrogen-bond acceptors (Lipinski definition) is 1. The molecule has 0 saturated heterocycles. The number of nitriles is 1. The van der Waals surface area contributed by atoms with Gasteiger partial charge in [0.1, 0.15) is 0 Å². The van der Waals surface area contributed by atoms with Crippen molar-refractivity contribution in [2.75, 3.05) is 0 Å². The Morgan fingerprint density at radius 1 is 0.926 bits per heavy atom. The minimum absolute atomic E-state index is 0.716. The number of hydrogen-bond donors (Lipinski definition) is 0. The molecule has 0 radical (unpaired) electrons. The van der Waals surface area contributed by atoms with Crippen LogP contribution in [0.1, 0.15) is 69.9 Å². The SMILES string of the molecule is CCCCC1CCC(C(C)Cc2ccc(-c3ccc(C#N)cc3)cc2)CC1. The Morgan fingerprint density at radius 3 is 2.07 bits per heavy atom. The number of rotatable bonds is 7. The molecule has 0 N–H and O–H groups in total. The van der Waals surface area contributed by atoms with Crippen molar-refractivity contribution >= 4 is 0 Å². The first kappa shape index (κ1) is 19.7. The molecule has 2 aromatic rings. The second-order valence-corrected chi connectivity index (χ2v) is 8.49. The average molecular weight is 360 g/mol. The predicted octanol–water partition coefficient (Wildman–Crippen LogP) is 7.40. The van der Waals surface area contributed by atoms with E-state index in [0.717, 1.165) is 17.8 Å². The van der Waals surface area contributed by atoms with Gasteiger partial charge in [-0.15, -0.1) is 0 Å². The van der Waals surface area contributed by atoms with Gasteiger partial charge in [-0.05, 0) is 65.8 Å². The zero-order valence-electron chi connectivity index (χ0n) is 17.0. The van der Waals surface area contributed by atoms with E-state index in [9.17, 15) is 0 Å². The van der Waals surface area contributed by atoms with Crippen LogP contribution in [-0.2, 0) is 6.42 Å². The van der Waals surface area contributed by atoms with Crippen molar-refractivity contribution in [3.63, 3.8) is 0 Å². The maximum Gasteiger partial charge on any atom is 0.0991 e. The van der Waals surface area contributed by atoms with Crippen molar-refractivity contribution in [3.8, 4) is 17.2 Å². The van der Waals surface area contributed by atoms with Crippen molar-refractivity contribution in [2.24, 2.45) is 17.8 Å². The van der Waals surface area contributed by atoms with E-state index < -0.39 is 0 Å². The molecule has 1 fully saturated rings. The lowest BCUT2D eigenvalue weighted by molar-refractivity contribution is 0.205. The van der Waals surface area contributed by atoms with Crippen LogP contribution < -0.4 is 0 Å². The van der Waals surface area contributed by atoms with E-state index in [1.54, 1.807) is 0 Å². The zero-order valence-corrected chi connectivity index (χ0v) is 17.0. The largest absolute Gasteiger partial charge is 0.192 e. The van der Waals surface area contributed by atoms with Crippen molar-refractivity contribution in [1.82, 2.24) is 0 Å². The summed E-state index contributed by atoms with van der Waals surface area (Å²) in [6.07, 6.45) is 11.2. The first-order valence-corrected chi connectivity index (χ1v) is 10.8. The lowest BCUT2D eigenvalue weighted by atomic mass is 9.73. The van der Waals surface area contributed by atoms with Crippen LogP contribution in [0.25, 0.3) is 11.1 Å². The van der Waals surface area contributed by atoms with Gasteiger partial charge in [0.2, 0.25) is 0 Å².